The maximum absolute atomic E-state index is 4.03. The van der Waals surface area contributed by atoms with Gasteiger partial charge in [0.15, 0.2) is 0 Å². The van der Waals surface area contributed by atoms with Crippen LogP contribution in [0.5, 0.6) is 0 Å². The summed E-state index contributed by atoms with van der Waals surface area (Å²) in [5.74, 6) is 1.88. The van der Waals surface area contributed by atoms with E-state index in [-0.39, 0.29) is 0 Å². The molecule has 0 aromatic heterocycles. The fourth-order valence-electron chi connectivity index (χ4n) is 4.12. The molecule has 0 bridgehead atoms. The molecule has 2 aliphatic carbocycles. The minimum absolute atomic E-state index is 0.827. The third-order valence-electron chi connectivity index (χ3n) is 5.53. The molecule has 2 rings (SSSR count). The van der Waals surface area contributed by atoms with Crippen LogP contribution in [-0.4, -0.2) is 12.1 Å². The van der Waals surface area contributed by atoms with Crippen LogP contribution in [0.3, 0.4) is 0 Å². The monoisotopic (exact) mass is 265 g/mol. The molecule has 0 heterocycles. The van der Waals surface area contributed by atoms with Crippen molar-refractivity contribution in [3.05, 3.63) is 0 Å². The topological polar surface area (TPSA) is 12.0 Å². The summed E-state index contributed by atoms with van der Waals surface area (Å²) in [5, 5.41) is 4.03. The second-order valence-corrected chi connectivity index (χ2v) is 7.42. The first kappa shape index (κ1) is 15.4. The van der Waals surface area contributed by atoms with E-state index in [4.69, 9.17) is 0 Å². The molecule has 2 unspecified atom stereocenters. The molecule has 2 fully saturated rings. The van der Waals surface area contributed by atoms with E-state index in [9.17, 15) is 0 Å². The van der Waals surface area contributed by atoms with Crippen LogP contribution in [0.15, 0.2) is 0 Å². The molecule has 2 atom stereocenters. The van der Waals surface area contributed by atoms with Gasteiger partial charge in [-0.2, -0.15) is 0 Å². The Kier molecular flexibility index (Phi) is 6.70. The molecule has 2 aliphatic rings. The van der Waals surface area contributed by atoms with Crippen molar-refractivity contribution in [2.24, 2.45) is 11.8 Å². The molecule has 2 saturated carbocycles. The Bertz CT molecular complexity index is 228. The predicted octanol–water partition coefficient (Wildman–Crippen LogP) is 5.29. The number of rotatable bonds is 3. The average Bonchev–Trinajstić information content (AvgIpc) is 2.58. The van der Waals surface area contributed by atoms with Gasteiger partial charge < -0.3 is 5.32 Å². The lowest BCUT2D eigenvalue weighted by molar-refractivity contribution is 0.317. The Morgan fingerprint density at radius 1 is 0.632 bits per heavy atom. The normalized spacial score (nSPS) is 31.7. The first-order valence-electron chi connectivity index (χ1n) is 9.01. The lowest BCUT2D eigenvalue weighted by Crippen LogP contribution is -2.38. The highest BCUT2D eigenvalue weighted by molar-refractivity contribution is 4.80. The van der Waals surface area contributed by atoms with Crippen LogP contribution in [0.4, 0.5) is 0 Å². The first-order valence-corrected chi connectivity index (χ1v) is 9.01. The molecule has 0 aliphatic heterocycles. The Morgan fingerprint density at radius 2 is 1.21 bits per heavy atom. The molecule has 19 heavy (non-hydrogen) atoms. The number of hydrogen-bond acceptors (Lipinski definition) is 1. The van der Waals surface area contributed by atoms with Crippen LogP contribution in [-0.2, 0) is 0 Å². The Morgan fingerprint density at radius 3 is 1.89 bits per heavy atom. The van der Waals surface area contributed by atoms with Gasteiger partial charge in [0, 0.05) is 12.1 Å². The summed E-state index contributed by atoms with van der Waals surface area (Å²) in [5.41, 5.74) is 0. The molecule has 0 aromatic carbocycles. The summed E-state index contributed by atoms with van der Waals surface area (Å²) >= 11 is 0. The fraction of sp³-hybridized carbons (Fsp3) is 1.00. The van der Waals surface area contributed by atoms with Gasteiger partial charge in [0.2, 0.25) is 0 Å². The molecule has 1 heteroatoms. The minimum Gasteiger partial charge on any atom is -0.311 e. The van der Waals surface area contributed by atoms with E-state index in [0.29, 0.717) is 0 Å². The van der Waals surface area contributed by atoms with Crippen molar-refractivity contribution in [2.45, 2.75) is 103 Å². The third-order valence-corrected chi connectivity index (χ3v) is 5.53. The average molecular weight is 265 g/mol. The Balaban J connectivity index is 1.75. The van der Waals surface area contributed by atoms with Crippen LogP contribution >= 0.6 is 0 Å². The molecule has 0 amide bonds. The maximum Gasteiger partial charge on any atom is 0.00697 e. The first-order chi connectivity index (χ1) is 9.25. The van der Waals surface area contributed by atoms with Crippen molar-refractivity contribution in [3.8, 4) is 0 Å². The molecule has 0 saturated heterocycles. The highest BCUT2D eigenvalue weighted by Crippen LogP contribution is 2.29. The molecule has 0 spiro atoms. The minimum atomic E-state index is 0.827. The van der Waals surface area contributed by atoms with Gasteiger partial charge in [0.05, 0.1) is 0 Å². The standard InChI is InChI=1S/C18H35N/c1-15(2)16-9-8-12-18(14-13-16)19-17-10-6-4-3-5-7-11-17/h15-19H,3-14H2,1-2H3. The molecule has 0 radical (unpaired) electrons. The number of hydrogen-bond donors (Lipinski definition) is 1. The highest BCUT2D eigenvalue weighted by atomic mass is 14.9. The number of nitrogens with one attached hydrogen (secondary N) is 1. The van der Waals surface area contributed by atoms with Crippen LogP contribution < -0.4 is 5.32 Å². The van der Waals surface area contributed by atoms with Gasteiger partial charge in [0.25, 0.3) is 0 Å². The van der Waals surface area contributed by atoms with Crippen molar-refractivity contribution in [2.75, 3.05) is 0 Å². The molecule has 1 N–H and O–H groups in total. The summed E-state index contributed by atoms with van der Waals surface area (Å²) in [6.07, 6.45) is 17.4. The van der Waals surface area contributed by atoms with Crippen LogP contribution in [0.25, 0.3) is 0 Å². The largest absolute Gasteiger partial charge is 0.311 e. The summed E-state index contributed by atoms with van der Waals surface area (Å²) in [6.45, 7) is 4.82. The fourth-order valence-corrected chi connectivity index (χ4v) is 4.12. The van der Waals surface area contributed by atoms with E-state index in [1.165, 1.54) is 77.0 Å². The zero-order chi connectivity index (χ0) is 13.5. The third kappa shape index (κ3) is 5.45. The van der Waals surface area contributed by atoms with Crippen LogP contribution in [0, 0.1) is 11.8 Å². The van der Waals surface area contributed by atoms with Gasteiger partial charge in [-0.05, 0) is 43.9 Å². The molecule has 0 aromatic rings. The van der Waals surface area contributed by atoms with Crippen LogP contribution in [0.1, 0.15) is 90.9 Å². The SMILES string of the molecule is CC(C)C1CCCC(NC2CCCCCCC2)CC1. The highest BCUT2D eigenvalue weighted by Gasteiger charge is 2.22. The van der Waals surface area contributed by atoms with E-state index in [1.807, 2.05) is 0 Å². The van der Waals surface area contributed by atoms with Crippen LogP contribution in [0.2, 0.25) is 0 Å². The van der Waals surface area contributed by atoms with Crippen molar-refractivity contribution < 1.29 is 0 Å². The predicted molar refractivity (Wildman–Crippen MR) is 84.4 cm³/mol. The van der Waals surface area contributed by atoms with E-state index < -0.39 is 0 Å². The lowest BCUT2D eigenvalue weighted by Gasteiger charge is -2.27. The van der Waals surface area contributed by atoms with Crippen molar-refractivity contribution in [3.63, 3.8) is 0 Å². The quantitative estimate of drug-likeness (QED) is 0.683. The van der Waals surface area contributed by atoms with Gasteiger partial charge in [0.1, 0.15) is 0 Å². The van der Waals surface area contributed by atoms with Gasteiger partial charge >= 0.3 is 0 Å². The van der Waals surface area contributed by atoms with E-state index in [1.54, 1.807) is 0 Å². The molecule has 112 valence electrons. The van der Waals surface area contributed by atoms with Crippen molar-refractivity contribution in [1.82, 2.24) is 5.32 Å². The van der Waals surface area contributed by atoms with Crippen molar-refractivity contribution >= 4 is 0 Å². The van der Waals surface area contributed by atoms with E-state index >= 15 is 0 Å². The molecule has 1 nitrogen and oxygen atoms in total. The van der Waals surface area contributed by atoms with Crippen molar-refractivity contribution in [1.29, 1.82) is 0 Å². The second kappa shape index (κ2) is 8.29. The Labute approximate surface area is 120 Å². The molecular weight excluding hydrogens is 230 g/mol. The molecular formula is C18H35N. The van der Waals surface area contributed by atoms with E-state index in [0.717, 1.165) is 23.9 Å². The summed E-state index contributed by atoms with van der Waals surface area (Å²) in [7, 11) is 0. The smallest absolute Gasteiger partial charge is 0.00697 e. The van der Waals surface area contributed by atoms with Gasteiger partial charge in [-0.3, -0.25) is 0 Å². The summed E-state index contributed by atoms with van der Waals surface area (Å²) < 4.78 is 0. The van der Waals surface area contributed by atoms with E-state index in [2.05, 4.69) is 19.2 Å². The van der Waals surface area contributed by atoms with Gasteiger partial charge in [-0.25, -0.2) is 0 Å². The lowest BCUT2D eigenvalue weighted by atomic mass is 9.89. The Hall–Kier alpha value is -0.0400. The van der Waals surface area contributed by atoms with Gasteiger partial charge in [-0.15, -0.1) is 0 Å². The zero-order valence-electron chi connectivity index (χ0n) is 13.3. The second-order valence-electron chi connectivity index (χ2n) is 7.42. The maximum atomic E-state index is 4.03. The summed E-state index contributed by atoms with van der Waals surface area (Å²) in [4.78, 5) is 0. The zero-order valence-corrected chi connectivity index (χ0v) is 13.3. The summed E-state index contributed by atoms with van der Waals surface area (Å²) in [6, 6.07) is 1.66. The van der Waals surface area contributed by atoms with Gasteiger partial charge in [-0.1, -0.05) is 58.8 Å².